The van der Waals surface area contributed by atoms with Crippen LogP contribution in [0.3, 0.4) is 0 Å². The van der Waals surface area contributed by atoms with Gasteiger partial charge in [-0.2, -0.15) is 0 Å². The third-order valence-electron chi connectivity index (χ3n) is 3.14. The number of hydrogen-bond acceptors (Lipinski definition) is 6. The molecule has 0 atom stereocenters. The highest BCUT2D eigenvalue weighted by Crippen LogP contribution is 2.20. The highest BCUT2D eigenvalue weighted by molar-refractivity contribution is 7.89. The molecule has 0 aliphatic rings. The Bertz CT molecular complexity index is 963. The molecule has 1 aromatic heterocycles. The van der Waals surface area contributed by atoms with E-state index < -0.39 is 16.0 Å². The predicted octanol–water partition coefficient (Wildman–Crippen LogP) is 2.21. The summed E-state index contributed by atoms with van der Waals surface area (Å²) in [6.45, 7) is 0. The van der Waals surface area contributed by atoms with Crippen molar-refractivity contribution >= 4 is 16.0 Å². The topological polar surface area (TPSA) is 112 Å². The van der Waals surface area contributed by atoms with Crippen LogP contribution in [0.2, 0.25) is 0 Å². The molecule has 8 heteroatoms. The molecule has 0 fully saturated rings. The van der Waals surface area contributed by atoms with Gasteiger partial charge in [-0.15, -0.1) is 0 Å². The Balaban J connectivity index is 1.75. The second-order valence-electron chi connectivity index (χ2n) is 4.85. The van der Waals surface area contributed by atoms with E-state index in [2.05, 4.69) is 5.16 Å². The van der Waals surface area contributed by atoms with Gasteiger partial charge in [-0.25, -0.2) is 18.4 Å². The standard InChI is InChI=1S/C16H12N2O5S/c17-24(20,21)13-8-6-12(7-9-13)22-16(19)15-10-14(18-23-15)11-4-2-1-3-5-11/h1-10H,(H2,17,20,21). The molecule has 0 unspecified atom stereocenters. The van der Waals surface area contributed by atoms with Gasteiger partial charge in [-0.3, -0.25) is 0 Å². The van der Waals surface area contributed by atoms with Crippen molar-refractivity contribution in [3.63, 3.8) is 0 Å². The van der Waals surface area contributed by atoms with Crippen LogP contribution in [-0.2, 0) is 10.0 Å². The lowest BCUT2D eigenvalue weighted by molar-refractivity contribution is 0.0691. The van der Waals surface area contributed by atoms with Gasteiger partial charge >= 0.3 is 5.97 Å². The number of esters is 1. The first-order valence-corrected chi connectivity index (χ1v) is 8.35. The summed E-state index contributed by atoms with van der Waals surface area (Å²) in [6.07, 6.45) is 0. The van der Waals surface area contributed by atoms with Crippen molar-refractivity contribution in [1.82, 2.24) is 5.16 Å². The Kier molecular flexibility index (Phi) is 4.15. The normalized spacial score (nSPS) is 11.2. The minimum Gasteiger partial charge on any atom is -0.421 e. The van der Waals surface area contributed by atoms with Crippen LogP contribution < -0.4 is 9.88 Å². The summed E-state index contributed by atoms with van der Waals surface area (Å²) in [5, 5.41) is 8.82. The number of benzene rings is 2. The maximum atomic E-state index is 12.0. The Morgan fingerprint density at radius 2 is 1.71 bits per heavy atom. The van der Waals surface area contributed by atoms with E-state index >= 15 is 0 Å². The van der Waals surface area contributed by atoms with E-state index in [9.17, 15) is 13.2 Å². The Labute approximate surface area is 137 Å². The first-order chi connectivity index (χ1) is 11.4. The molecule has 1 heterocycles. The summed E-state index contributed by atoms with van der Waals surface area (Å²) in [7, 11) is -3.80. The van der Waals surface area contributed by atoms with E-state index in [-0.39, 0.29) is 16.4 Å². The summed E-state index contributed by atoms with van der Waals surface area (Å²) >= 11 is 0. The average Bonchev–Trinajstić information content (AvgIpc) is 3.05. The van der Waals surface area contributed by atoms with Crippen LogP contribution in [0.1, 0.15) is 10.6 Å². The maximum Gasteiger partial charge on any atom is 0.382 e. The number of carbonyl (C=O) groups is 1. The van der Waals surface area contributed by atoms with E-state index in [0.717, 1.165) is 5.56 Å². The molecule has 2 N–H and O–H groups in total. The third kappa shape index (κ3) is 3.50. The molecule has 0 saturated heterocycles. The summed E-state index contributed by atoms with van der Waals surface area (Å²) in [5.41, 5.74) is 1.31. The van der Waals surface area contributed by atoms with Gasteiger partial charge in [0.1, 0.15) is 11.4 Å². The summed E-state index contributed by atoms with van der Waals surface area (Å²) in [6, 6.07) is 15.8. The lowest BCUT2D eigenvalue weighted by atomic mass is 10.1. The lowest BCUT2D eigenvalue weighted by Crippen LogP contribution is -2.12. The fourth-order valence-corrected chi connectivity index (χ4v) is 2.49. The van der Waals surface area contributed by atoms with Gasteiger partial charge < -0.3 is 9.26 Å². The summed E-state index contributed by atoms with van der Waals surface area (Å²) in [5.74, 6) is -0.650. The van der Waals surface area contributed by atoms with E-state index in [1.54, 1.807) is 0 Å². The molecule has 0 amide bonds. The van der Waals surface area contributed by atoms with Crippen molar-refractivity contribution in [2.75, 3.05) is 0 Å². The molecule has 7 nitrogen and oxygen atoms in total. The first kappa shape index (κ1) is 15.9. The van der Waals surface area contributed by atoms with Crippen molar-refractivity contribution in [2.45, 2.75) is 4.90 Å². The average molecular weight is 344 g/mol. The van der Waals surface area contributed by atoms with Gasteiger partial charge in [-0.1, -0.05) is 35.5 Å². The van der Waals surface area contributed by atoms with Gasteiger partial charge in [0.2, 0.25) is 15.8 Å². The Morgan fingerprint density at radius 3 is 2.33 bits per heavy atom. The SMILES string of the molecule is NS(=O)(=O)c1ccc(OC(=O)c2cc(-c3ccccc3)no2)cc1. The number of ether oxygens (including phenoxy) is 1. The minimum atomic E-state index is -3.80. The van der Waals surface area contributed by atoms with Crippen LogP contribution in [0.15, 0.2) is 70.1 Å². The van der Waals surface area contributed by atoms with Crippen molar-refractivity contribution in [2.24, 2.45) is 5.14 Å². The molecule has 0 aliphatic carbocycles. The number of rotatable bonds is 4. The molecule has 0 spiro atoms. The highest BCUT2D eigenvalue weighted by Gasteiger charge is 2.17. The molecule has 122 valence electrons. The lowest BCUT2D eigenvalue weighted by Gasteiger charge is -2.02. The second kappa shape index (κ2) is 6.26. The van der Waals surface area contributed by atoms with Crippen LogP contribution >= 0.6 is 0 Å². The molecular weight excluding hydrogens is 332 g/mol. The zero-order valence-electron chi connectivity index (χ0n) is 12.2. The quantitative estimate of drug-likeness (QED) is 0.573. The highest BCUT2D eigenvalue weighted by atomic mass is 32.2. The second-order valence-corrected chi connectivity index (χ2v) is 6.41. The van der Waals surface area contributed by atoms with E-state index in [4.69, 9.17) is 14.4 Å². The first-order valence-electron chi connectivity index (χ1n) is 6.81. The van der Waals surface area contributed by atoms with Crippen molar-refractivity contribution in [3.8, 4) is 17.0 Å². The zero-order chi connectivity index (χ0) is 17.2. The molecule has 0 saturated carbocycles. The number of carbonyl (C=O) groups excluding carboxylic acids is 1. The largest absolute Gasteiger partial charge is 0.421 e. The third-order valence-corrected chi connectivity index (χ3v) is 4.07. The number of hydrogen-bond donors (Lipinski definition) is 1. The summed E-state index contributed by atoms with van der Waals surface area (Å²) in [4.78, 5) is 12.0. The van der Waals surface area contributed by atoms with Gasteiger partial charge in [0.15, 0.2) is 0 Å². The molecule has 24 heavy (non-hydrogen) atoms. The van der Waals surface area contributed by atoms with Crippen molar-refractivity contribution < 1.29 is 22.5 Å². The van der Waals surface area contributed by atoms with E-state index in [1.807, 2.05) is 30.3 Å². The molecule has 0 bridgehead atoms. The van der Waals surface area contributed by atoms with Gasteiger partial charge in [0.05, 0.1) is 4.90 Å². The van der Waals surface area contributed by atoms with Crippen LogP contribution in [0.4, 0.5) is 0 Å². The van der Waals surface area contributed by atoms with Crippen molar-refractivity contribution in [3.05, 3.63) is 66.4 Å². The molecule has 0 radical (unpaired) electrons. The molecule has 3 aromatic rings. The molecule has 0 aliphatic heterocycles. The van der Waals surface area contributed by atoms with Crippen molar-refractivity contribution in [1.29, 1.82) is 0 Å². The Hall–Kier alpha value is -2.97. The number of primary sulfonamides is 1. The van der Waals surface area contributed by atoms with Gasteiger partial charge in [0.25, 0.3) is 0 Å². The van der Waals surface area contributed by atoms with E-state index in [0.29, 0.717) is 5.69 Å². The number of aromatic nitrogens is 1. The fraction of sp³-hybridized carbons (Fsp3) is 0. The number of nitrogens with zero attached hydrogens (tertiary/aromatic N) is 1. The van der Waals surface area contributed by atoms with Crippen LogP contribution in [0, 0.1) is 0 Å². The predicted molar refractivity (Wildman–Crippen MR) is 84.7 cm³/mol. The van der Waals surface area contributed by atoms with Crippen LogP contribution in [0.25, 0.3) is 11.3 Å². The van der Waals surface area contributed by atoms with Crippen LogP contribution in [-0.4, -0.2) is 19.5 Å². The monoisotopic (exact) mass is 344 g/mol. The smallest absolute Gasteiger partial charge is 0.382 e. The summed E-state index contributed by atoms with van der Waals surface area (Å²) < 4.78 is 32.4. The molecule has 3 rings (SSSR count). The minimum absolute atomic E-state index is 0.0654. The molecular formula is C16H12N2O5S. The number of sulfonamides is 1. The zero-order valence-corrected chi connectivity index (χ0v) is 13.1. The Morgan fingerprint density at radius 1 is 1.04 bits per heavy atom. The fourth-order valence-electron chi connectivity index (χ4n) is 1.97. The number of nitrogens with two attached hydrogens (primary N) is 1. The van der Waals surface area contributed by atoms with Crippen LogP contribution in [0.5, 0.6) is 5.75 Å². The van der Waals surface area contributed by atoms with E-state index in [1.165, 1.54) is 30.3 Å². The van der Waals surface area contributed by atoms with Gasteiger partial charge in [0, 0.05) is 11.6 Å². The van der Waals surface area contributed by atoms with Gasteiger partial charge in [-0.05, 0) is 24.3 Å². The maximum absolute atomic E-state index is 12.0. The molecule has 2 aromatic carbocycles.